The molecule has 1 amide bonds. The molecular formula is C33H50F4N4O4SSi. The van der Waals surface area contributed by atoms with Gasteiger partial charge in [0.1, 0.15) is 23.3 Å². The number of amides is 1. The van der Waals surface area contributed by atoms with E-state index in [1.165, 1.54) is 0 Å². The van der Waals surface area contributed by atoms with E-state index in [1.54, 1.807) is 0 Å². The van der Waals surface area contributed by atoms with Crippen molar-refractivity contribution < 1.29 is 36.4 Å². The van der Waals surface area contributed by atoms with Crippen molar-refractivity contribution >= 4 is 36.4 Å². The summed E-state index contributed by atoms with van der Waals surface area (Å²) < 4.78 is 83.8. The number of aromatic nitrogens is 2. The molecule has 264 valence electrons. The van der Waals surface area contributed by atoms with Crippen LogP contribution in [0, 0.1) is 11.8 Å². The van der Waals surface area contributed by atoms with Crippen molar-refractivity contribution in [1.82, 2.24) is 19.6 Å². The maximum Gasteiger partial charge on any atom is 0.253 e. The van der Waals surface area contributed by atoms with Crippen molar-refractivity contribution in [3.05, 3.63) is 29.6 Å². The van der Waals surface area contributed by atoms with E-state index in [1.807, 2.05) is 43.5 Å². The van der Waals surface area contributed by atoms with Gasteiger partial charge in [-0.05, 0) is 69.2 Å². The predicted octanol–water partition coefficient (Wildman–Crippen LogP) is 7.26. The number of imidazole rings is 1. The Labute approximate surface area is 279 Å². The van der Waals surface area contributed by atoms with Gasteiger partial charge < -0.3 is 23.9 Å². The number of benzene rings is 1. The minimum Gasteiger partial charge on any atom is -0.598 e. The highest BCUT2D eigenvalue weighted by Crippen LogP contribution is 2.45. The number of hydrogen-bond donors (Lipinski definition) is 2. The number of ether oxygens (including phenoxy) is 2. The van der Waals surface area contributed by atoms with E-state index in [9.17, 15) is 26.9 Å². The molecule has 3 fully saturated rings. The minimum atomic E-state index is -2.73. The third-order valence-electron chi connectivity index (χ3n) is 9.10. The topological polar surface area (TPSA) is 100 Å². The maximum atomic E-state index is 13.6. The van der Waals surface area contributed by atoms with Crippen LogP contribution >= 0.6 is 0 Å². The van der Waals surface area contributed by atoms with Crippen molar-refractivity contribution in [3.63, 3.8) is 0 Å². The highest BCUT2D eigenvalue weighted by molar-refractivity contribution is 7.90. The highest BCUT2D eigenvalue weighted by Gasteiger charge is 2.47. The molecule has 3 aliphatic carbocycles. The summed E-state index contributed by atoms with van der Waals surface area (Å²) in [6.45, 7) is 13.1. The molecule has 0 spiro atoms. The molecule has 8 nitrogen and oxygen atoms in total. The van der Waals surface area contributed by atoms with E-state index in [0.29, 0.717) is 17.9 Å². The fourth-order valence-corrected chi connectivity index (χ4v) is 7.58. The Hall–Kier alpha value is -1.71. The van der Waals surface area contributed by atoms with Crippen LogP contribution in [0.25, 0.3) is 11.0 Å². The number of nitrogens with zero attached hydrogens (tertiary/aromatic N) is 2. The zero-order valence-electron chi connectivity index (χ0n) is 28.3. The number of fused-ring (bicyclic) bond motifs is 1. The zero-order valence-corrected chi connectivity index (χ0v) is 30.2. The van der Waals surface area contributed by atoms with Crippen molar-refractivity contribution in [2.45, 2.75) is 133 Å². The van der Waals surface area contributed by atoms with Gasteiger partial charge in [-0.3, -0.25) is 4.79 Å². The summed E-state index contributed by atoms with van der Waals surface area (Å²) in [6.07, 6.45) is 0.208. The summed E-state index contributed by atoms with van der Waals surface area (Å²) in [5.74, 6) is -5.15. The van der Waals surface area contributed by atoms with Crippen molar-refractivity contribution in [2.24, 2.45) is 11.8 Å². The standard InChI is InChI=1S/C33H50F4N4O4SSi/c1-31(2,3)46(43)40-26(19-45-24-17-33(36,37)18-24)30-38-25-10-9-23(14-27(25)41(30)20-44-11-12-47(4,5)6)29(22-7-8-22)39-28(42)13-21-15-32(34,35)16-21/h9-10,14,21-22,24,26,29,40H,7-8,11-13,15-20H2,1-6H3,(H,39,42)/t26-,29+,46?/m0/s1. The monoisotopic (exact) mass is 702 g/mol. The van der Waals surface area contributed by atoms with Crippen LogP contribution in [-0.4, -0.2) is 64.0 Å². The Morgan fingerprint density at radius 1 is 1.13 bits per heavy atom. The zero-order chi connectivity index (χ0) is 34.4. The second kappa shape index (κ2) is 13.9. The molecule has 1 heterocycles. The van der Waals surface area contributed by atoms with Gasteiger partial charge in [0.05, 0.1) is 29.8 Å². The van der Waals surface area contributed by atoms with Gasteiger partial charge in [0, 0.05) is 58.1 Å². The Balaban J connectivity index is 1.43. The SMILES string of the molecule is CC(C)(C)[S+]([O-])N[C@@H](COC1CC(F)(F)C1)c1nc2ccc([C@H](NC(=O)CC3CC(F)(F)C3)C3CC3)cc2n1COCC[Si](C)(C)C. The van der Waals surface area contributed by atoms with Crippen LogP contribution in [0.4, 0.5) is 17.6 Å². The van der Waals surface area contributed by atoms with E-state index >= 15 is 0 Å². The first-order valence-electron chi connectivity index (χ1n) is 16.7. The predicted molar refractivity (Wildman–Crippen MR) is 177 cm³/mol. The lowest BCUT2D eigenvalue weighted by Gasteiger charge is -2.36. The van der Waals surface area contributed by atoms with Crippen LogP contribution < -0.4 is 10.0 Å². The van der Waals surface area contributed by atoms with E-state index in [-0.39, 0.29) is 69.2 Å². The third-order valence-corrected chi connectivity index (χ3v) is 12.4. The Morgan fingerprint density at radius 2 is 1.79 bits per heavy atom. The number of carbonyl (C=O) groups excluding carboxylic acids is 1. The number of hydrogen-bond acceptors (Lipinski definition) is 6. The lowest BCUT2D eigenvalue weighted by atomic mass is 9.79. The molecule has 0 aliphatic heterocycles. The molecule has 1 aromatic heterocycles. The third kappa shape index (κ3) is 9.93. The second-order valence-electron chi connectivity index (χ2n) is 16.0. The molecule has 3 aliphatic rings. The second-order valence-corrected chi connectivity index (χ2v) is 23.6. The smallest absolute Gasteiger partial charge is 0.253 e. The first-order valence-corrected chi connectivity index (χ1v) is 21.6. The van der Waals surface area contributed by atoms with Crippen LogP contribution in [0.15, 0.2) is 18.2 Å². The van der Waals surface area contributed by atoms with Crippen molar-refractivity contribution in [2.75, 3.05) is 13.2 Å². The Bertz CT molecular complexity index is 1400. The van der Waals surface area contributed by atoms with E-state index < -0.39 is 48.2 Å². The van der Waals surface area contributed by atoms with Gasteiger partial charge >= 0.3 is 0 Å². The van der Waals surface area contributed by atoms with E-state index in [2.05, 4.69) is 29.7 Å². The average Bonchev–Trinajstić information content (AvgIpc) is 3.69. The molecular weight excluding hydrogens is 653 g/mol. The summed E-state index contributed by atoms with van der Waals surface area (Å²) in [4.78, 5) is 17.9. The van der Waals surface area contributed by atoms with Gasteiger partial charge in [-0.2, -0.15) is 0 Å². The Kier molecular flexibility index (Phi) is 10.8. The number of nitrogens with one attached hydrogen (secondary N) is 2. The summed E-state index contributed by atoms with van der Waals surface area (Å²) in [6, 6.07) is 5.81. The average molecular weight is 703 g/mol. The van der Waals surface area contributed by atoms with Gasteiger partial charge in [0.2, 0.25) is 11.8 Å². The minimum absolute atomic E-state index is 0.00534. The molecule has 0 bridgehead atoms. The highest BCUT2D eigenvalue weighted by atomic mass is 32.2. The fourth-order valence-electron chi connectivity index (χ4n) is 6.04. The number of carbonyl (C=O) groups is 1. The fraction of sp³-hybridized carbons (Fsp3) is 0.758. The van der Waals surface area contributed by atoms with Crippen LogP contribution in [0.5, 0.6) is 0 Å². The van der Waals surface area contributed by atoms with Crippen LogP contribution in [0.1, 0.15) is 89.2 Å². The van der Waals surface area contributed by atoms with Crippen LogP contribution in [0.2, 0.25) is 25.7 Å². The lowest BCUT2D eigenvalue weighted by molar-refractivity contribution is -0.167. The molecule has 5 rings (SSSR count). The first kappa shape index (κ1) is 36.6. The number of halogens is 4. The summed E-state index contributed by atoms with van der Waals surface area (Å²) in [5.41, 5.74) is 2.31. The normalized spacial score (nSPS) is 22.0. The molecule has 1 aromatic carbocycles. The molecule has 1 unspecified atom stereocenters. The summed E-state index contributed by atoms with van der Waals surface area (Å²) in [5, 5.41) is 3.13. The van der Waals surface area contributed by atoms with Crippen LogP contribution in [-0.2, 0) is 32.4 Å². The summed E-state index contributed by atoms with van der Waals surface area (Å²) >= 11 is -1.51. The van der Waals surface area contributed by atoms with Crippen LogP contribution in [0.3, 0.4) is 0 Å². The largest absolute Gasteiger partial charge is 0.598 e. The summed E-state index contributed by atoms with van der Waals surface area (Å²) in [7, 11) is -1.38. The van der Waals surface area contributed by atoms with Crippen molar-refractivity contribution in [1.29, 1.82) is 0 Å². The molecule has 2 aromatic rings. The van der Waals surface area contributed by atoms with E-state index in [4.69, 9.17) is 14.5 Å². The van der Waals surface area contributed by atoms with E-state index in [0.717, 1.165) is 30.0 Å². The molecule has 14 heteroatoms. The van der Waals surface area contributed by atoms with Gasteiger partial charge in [0.25, 0.3) is 5.92 Å². The first-order chi connectivity index (χ1) is 21.8. The van der Waals surface area contributed by atoms with Gasteiger partial charge in [-0.15, -0.1) is 4.72 Å². The van der Waals surface area contributed by atoms with Gasteiger partial charge in [-0.25, -0.2) is 22.5 Å². The van der Waals surface area contributed by atoms with Gasteiger partial charge in [0.15, 0.2) is 0 Å². The quantitative estimate of drug-likeness (QED) is 0.0827. The molecule has 2 N–H and O–H groups in total. The lowest BCUT2D eigenvalue weighted by Crippen LogP contribution is -2.46. The molecule has 47 heavy (non-hydrogen) atoms. The van der Waals surface area contributed by atoms with Gasteiger partial charge in [-0.1, -0.05) is 25.7 Å². The number of rotatable bonds is 16. The molecule has 3 saturated carbocycles. The number of alkyl halides is 4. The molecule has 0 radical (unpaired) electrons. The molecule has 0 saturated heterocycles. The Morgan fingerprint density at radius 3 is 2.36 bits per heavy atom. The molecule has 3 atom stereocenters. The van der Waals surface area contributed by atoms with Crippen molar-refractivity contribution in [3.8, 4) is 0 Å². The maximum absolute atomic E-state index is 13.6.